The molecule has 0 spiro atoms. The van der Waals surface area contributed by atoms with Gasteiger partial charge in [0.15, 0.2) is 5.82 Å². The van der Waals surface area contributed by atoms with Gasteiger partial charge in [0.05, 0.1) is 37.7 Å². The summed E-state index contributed by atoms with van der Waals surface area (Å²) in [6.07, 6.45) is -0.374. The number of carboxylic acids is 1. The first-order valence-electron chi connectivity index (χ1n) is 11.2. The van der Waals surface area contributed by atoms with E-state index in [9.17, 15) is 23.1 Å². The van der Waals surface area contributed by atoms with Gasteiger partial charge in [0, 0.05) is 31.8 Å². The zero-order valence-electron chi connectivity index (χ0n) is 19.3. The first-order valence-corrected chi connectivity index (χ1v) is 11.2. The maximum Gasteiger partial charge on any atom is 0.431 e. The molecule has 0 radical (unpaired) electrons. The molecule has 1 aromatic heterocycles. The molecule has 2 aliphatic rings. The highest BCUT2D eigenvalue weighted by Gasteiger charge is 2.48. The highest BCUT2D eigenvalue weighted by atomic mass is 19.4. The van der Waals surface area contributed by atoms with Crippen molar-refractivity contribution in [3.05, 3.63) is 36.7 Å². The van der Waals surface area contributed by atoms with Gasteiger partial charge in [-0.15, -0.1) is 0 Å². The van der Waals surface area contributed by atoms with Gasteiger partial charge in [0.2, 0.25) is 5.88 Å². The Morgan fingerprint density at radius 2 is 1.86 bits per heavy atom. The third-order valence-electron chi connectivity index (χ3n) is 6.19. The van der Waals surface area contributed by atoms with Gasteiger partial charge in [-0.2, -0.15) is 23.3 Å². The van der Waals surface area contributed by atoms with Crippen LogP contribution < -0.4 is 19.4 Å². The second-order valence-corrected chi connectivity index (χ2v) is 8.50. The minimum absolute atomic E-state index is 0.0305. The highest BCUT2D eigenvalue weighted by Crippen LogP contribution is 2.37. The van der Waals surface area contributed by atoms with Gasteiger partial charge in [0.25, 0.3) is 0 Å². The Kier molecular flexibility index (Phi) is 6.99. The molecule has 0 aliphatic carbocycles. The van der Waals surface area contributed by atoms with Crippen molar-refractivity contribution < 1.29 is 32.5 Å². The van der Waals surface area contributed by atoms with Crippen LogP contribution in [0.1, 0.15) is 26.2 Å². The molecular weight excluding hydrogens is 467 g/mol. The lowest BCUT2D eigenvalue weighted by Crippen LogP contribution is -2.38. The van der Waals surface area contributed by atoms with E-state index >= 15 is 0 Å². The van der Waals surface area contributed by atoms with E-state index in [0.29, 0.717) is 17.3 Å². The van der Waals surface area contributed by atoms with Crippen LogP contribution in [0.3, 0.4) is 0 Å². The maximum absolute atomic E-state index is 13.4. The van der Waals surface area contributed by atoms with Gasteiger partial charge < -0.3 is 19.5 Å². The summed E-state index contributed by atoms with van der Waals surface area (Å²) in [5.41, 5.74) is -0.599. The van der Waals surface area contributed by atoms with Crippen molar-refractivity contribution in [3.63, 3.8) is 0 Å². The second-order valence-electron chi connectivity index (χ2n) is 8.50. The van der Waals surface area contributed by atoms with E-state index in [4.69, 9.17) is 9.47 Å². The van der Waals surface area contributed by atoms with Crippen LogP contribution in [0.4, 0.5) is 24.7 Å². The van der Waals surface area contributed by atoms with Crippen molar-refractivity contribution in [1.82, 2.24) is 9.97 Å². The Morgan fingerprint density at radius 1 is 1.17 bits per heavy atom. The predicted molar refractivity (Wildman–Crippen MR) is 122 cm³/mol. The third-order valence-corrected chi connectivity index (χ3v) is 6.19. The van der Waals surface area contributed by atoms with E-state index in [1.807, 2.05) is 0 Å². The number of hydrazone groups is 1. The summed E-state index contributed by atoms with van der Waals surface area (Å²) in [6.45, 7) is 2.80. The molecule has 35 heavy (non-hydrogen) atoms. The molecule has 9 nitrogen and oxygen atoms in total. The molecule has 3 heterocycles. The molecule has 4 rings (SSSR count). The summed E-state index contributed by atoms with van der Waals surface area (Å²) in [5.74, 6) is -0.485. The molecule has 1 saturated heterocycles. The fourth-order valence-electron chi connectivity index (χ4n) is 4.34. The van der Waals surface area contributed by atoms with Crippen LogP contribution >= 0.6 is 0 Å². The molecule has 0 amide bonds. The molecule has 1 aromatic carbocycles. The zero-order valence-corrected chi connectivity index (χ0v) is 19.3. The van der Waals surface area contributed by atoms with Crippen molar-refractivity contribution in [3.8, 4) is 11.6 Å². The largest absolute Gasteiger partial charge is 0.490 e. The second kappa shape index (κ2) is 9.96. The maximum atomic E-state index is 13.4. The first kappa shape index (κ1) is 24.6. The Morgan fingerprint density at radius 3 is 2.46 bits per heavy atom. The molecule has 2 atom stereocenters. The van der Waals surface area contributed by atoms with Gasteiger partial charge in [-0.1, -0.05) is 6.92 Å². The number of carboxylic acid groups (broad SMARTS) is 1. The number of anilines is 2. The number of rotatable bonds is 7. The topological polar surface area (TPSA) is 100 Å². The van der Waals surface area contributed by atoms with Crippen LogP contribution in [-0.4, -0.2) is 65.3 Å². The summed E-state index contributed by atoms with van der Waals surface area (Å²) < 4.78 is 51.3. The fraction of sp³-hybridized carbons (Fsp3) is 0.478. The van der Waals surface area contributed by atoms with E-state index in [-0.39, 0.29) is 6.10 Å². The van der Waals surface area contributed by atoms with Crippen LogP contribution in [0, 0.1) is 5.92 Å². The standard InChI is InChI=1S/C23H26F3N5O4/c1-14-18(11-21(32)33)31(29-22(14)23(24,25)26)15-3-5-16(6-4-15)35-17-7-9-30(10-8-17)19-12-27-13-20(28-19)34-2/h3-6,12-14,17-18H,7-11H2,1-2H3,(H,32,33). The zero-order chi connectivity index (χ0) is 25.2. The number of piperidine rings is 1. The molecule has 188 valence electrons. The number of methoxy groups -OCH3 is 1. The molecule has 2 unspecified atom stereocenters. The molecule has 1 fully saturated rings. The number of aliphatic carboxylic acids is 1. The SMILES string of the molecule is COc1cncc(N2CCC(Oc3ccc(N4N=C(C(F)(F)F)C(C)C4CC(=O)O)cc3)CC2)n1. The lowest BCUT2D eigenvalue weighted by atomic mass is 9.94. The molecule has 0 bridgehead atoms. The van der Waals surface area contributed by atoms with Crippen LogP contribution in [0.15, 0.2) is 41.8 Å². The Balaban J connectivity index is 1.40. The summed E-state index contributed by atoms with van der Waals surface area (Å²) in [5, 5.41) is 14.1. The molecule has 2 aromatic rings. The number of carbonyl (C=O) groups is 1. The number of alkyl halides is 3. The molecule has 2 aliphatic heterocycles. The lowest BCUT2D eigenvalue weighted by Gasteiger charge is -2.32. The number of aromatic nitrogens is 2. The Bertz CT molecular complexity index is 1070. The number of hydrogen-bond acceptors (Lipinski definition) is 8. The van der Waals surface area contributed by atoms with Crippen LogP contribution in [0.5, 0.6) is 11.6 Å². The number of ether oxygens (including phenoxy) is 2. The fourth-order valence-corrected chi connectivity index (χ4v) is 4.34. The smallest absolute Gasteiger partial charge is 0.431 e. The predicted octanol–water partition coefficient (Wildman–Crippen LogP) is 3.75. The van der Waals surface area contributed by atoms with Crippen molar-refractivity contribution in [2.45, 2.75) is 44.5 Å². The number of halogens is 3. The first-order chi connectivity index (χ1) is 16.7. The summed E-state index contributed by atoms with van der Waals surface area (Å²) >= 11 is 0. The highest BCUT2D eigenvalue weighted by molar-refractivity contribution is 5.95. The number of nitrogens with zero attached hydrogens (tertiary/aromatic N) is 5. The van der Waals surface area contributed by atoms with Gasteiger partial charge in [-0.3, -0.25) is 14.8 Å². The van der Waals surface area contributed by atoms with Crippen molar-refractivity contribution in [2.24, 2.45) is 11.0 Å². The van der Waals surface area contributed by atoms with Gasteiger partial charge in [-0.05, 0) is 24.3 Å². The molecule has 0 saturated carbocycles. The monoisotopic (exact) mass is 493 g/mol. The Labute approximate surface area is 200 Å². The van der Waals surface area contributed by atoms with Gasteiger partial charge in [-0.25, -0.2) is 0 Å². The van der Waals surface area contributed by atoms with Crippen LogP contribution in [-0.2, 0) is 4.79 Å². The number of benzene rings is 1. The minimum Gasteiger partial charge on any atom is -0.490 e. The van der Waals surface area contributed by atoms with Crippen LogP contribution in [0.25, 0.3) is 0 Å². The van der Waals surface area contributed by atoms with Crippen molar-refractivity contribution >= 4 is 23.2 Å². The summed E-state index contributed by atoms with van der Waals surface area (Å²) in [4.78, 5) is 21.9. The van der Waals surface area contributed by atoms with E-state index in [2.05, 4.69) is 20.0 Å². The number of hydrogen-bond donors (Lipinski definition) is 1. The van der Waals surface area contributed by atoms with E-state index in [1.54, 1.807) is 36.7 Å². The third kappa shape index (κ3) is 5.57. The van der Waals surface area contributed by atoms with E-state index in [1.165, 1.54) is 14.0 Å². The van der Waals surface area contributed by atoms with Gasteiger partial charge >= 0.3 is 12.1 Å². The summed E-state index contributed by atoms with van der Waals surface area (Å²) in [6, 6.07) is 5.60. The van der Waals surface area contributed by atoms with Gasteiger partial charge in [0.1, 0.15) is 17.6 Å². The molecule has 12 heteroatoms. The van der Waals surface area contributed by atoms with E-state index < -0.39 is 36.2 Å². The van der Waals surface area contributed by atoms with Crippen molar-refractivity contribution in [2.75, 3.05) is 30.1 Å². The minimum atomic E-state index is -4.63. The molecule has 1 N–H and O–H groups in total. The normalized spacial score (nSPS) is 21.1. The van der Waals surface area contributed by atoms with E-state index in [0.717, 1.165) is 36.8 Å². The average molecular weight is 493 g/mol. The average Bonchev–Trinajstić information content (AvgIpc) is 3.16. The van der Waals surface area contributed by atoms with Crippen molar-refractivity contribution in [1.29, 1.82) is 0 Å². The lowest BCUT2D eigenvalue weighted by molar-refractivity contribution is -0.137. The Hall–Kier alpha value is -3.57. The van der Waals surface area contributed by atoms with Crippen LogP contribution in [0.2, 0.25) is 0 Å². The molecular formula is C23H26F3N5O4. The quantitative estimate of drug-likeness (QED) is 0.623. The summed E-state index contributed by atoms with van der Waals surface area (Å²) in [7, 11) is 1.54.